The molecule has 3 nitrogen and oxygen atoms in total. The zero-order chi connectivity index (χ0) is 13.0. The van der Waals surface area contributed by atoms with E-state index in [0.29, 0.717) is 12.6 Å². The van der Waals surface area contributed by atoms with Crippen molar-refractivity contribution in [2.45, 2.75) is 24.6 Å². The third-order valence-corrected chi connectivity index (χ3v) is 4.55. The van der Waals surface area contributed by atoms with Gasteiger partial charge in [0.05, 0.1) is 0 Å². The van der Waals surface area contributed by atoms with Gasteiger partial charge in [-0.3, -0.25) is 4.79 Å². The molecule has 0 radical (unpaired) electrons. The minimum atomic E-state index is -0.0426. The van der Waals surface area contributed by atoms with Crippen molar-refractivity contribution in [2.75, 3.05) is 19.3 Å². The number of hydrogen-bond donors (Lipinski definition) is 2. The molecular formula is C14H21ClN2OS. The van der Waals surface area contributed by atoms with E-state index in [9.17, 15) is 4.79 Å². The first kappa shape index (κ1) is 16.3. The lowest BCUT2D eigenvalue weighted by Gasteiger charge is -2.24. The van der Waals surface area contributed by atoms with E-state index in [0.717, 1.165) is 12.2 Å². The lowest BCUT2D eigenvalue weighted by atomic mass is 10.0. The summed E-state index contributed by atoms with van der Waals surface area (Å²) in [6.45, 7) is 2.73. The van der Waals surface area contributed by atoms with E-state index >= 15 is 0 Å². The number of benzene rings is 1. The number of halogens is 1. The van der Waals surface area contributed by atoms with Gasteiger partial charge < -0.3 is 10.6 Å². The third kappa shape index (κ3) is 4.13. The topological polar surface area (TPSA) is 41.1 Å². The Hall–Kier alpha value is -0.710. The van der Waals surface area contributed by atoms with Crippen LogP contribution in [0.4, 0.5) is 0 Å². The Morgan fingerprint density at radius 1 is 1.47 bits per heavy atom. The number of thioether (sulfide) groups is 1. The number of likely N-dealkylation sites (N-methyl/N-ethyl adjacent to an activating group) is 1. The predicted molar refractivity (Wildman–Crippen MR) is 84.1 cm³/mol. The summed E-state index contributed by atoms with van der Waals surface area (Å²) in [5.74, 6) is 1.16. The number of carbonyl (C=O) groups excluding carboxylic acids is 1. The quantitative estimate of drug-likeness (QED) is 0.895. The monoisotopic (exact) mass is 300 g/mol. The SMILES string of the molecule is CNC(C)CNC(=O)C1SCCc2ccccc21.Cl. The lowest BCUT2D eigenvalue weighted by molar-refractivity contribution is -0.120. The molecule has 0 fully saturated rings. The van der Waals surface area contributed by atoms with Crippen molar-refractivity contribution < 1.29 is 4.79 Å². The number of rotatable bonds is 4. The fraction of sp³-hybridized carbons (Fsp3) is 0.500. The fourth-order valence-electron chi connectivity index (χ4n) is 2.06. The first-order chi connectivity index (χ1) is 8.72. The molecule has 1 heterocycles. The second-order valence-electron chi connectivity index (χ2n) is 4.63. The van der Waals surface area contributed by atoms with Crippen LogP contribution in [-0.2, 0) is 11.2 Å². The maximum atomic E-state index is 12.2. The highest BCUT2D eigenvalue weighted by molar-refractivity contribution is 8.00. The van der Waals surface area contributed by atoms with Gasteiger partial charge in [0.2, 0.25) is 5.91 Å². The first-order valence-corrected chi connectivity index (χ1v) is 7.41. The highest BCUT2D eigenvalue weighted by atomic mass is 35.5. The Bertz CT molecular complexity index is 428. The van der Waals surface area contributed by atoms with Crippen LogP contribution < -0.4 is 10.6 Å². The highest BCUT2D eigenvalue weighted by Gasteiger charge is 2.26. The number of carbonyl (C=O) groups is 1. The molecule has 1 aliphatic heterocycles. The van der Waals surface area contributed by atoms with Crippen LogP contribution in [0.15, 0.2) is 24.3 Å². The van der Waals surface area contributed by atoms with Crippen molar-refractivity contribution in [3.05, 3.63) is 35.4 Å². The van der Waals surface area contributed by atoms with Crippen molar-refractivity contribution >= 4 is 30.1 Å². The van der Waals surface area contributed by atoms with Crippen LogP contribution in [0, 0.1) is 0 Å². The smallest absolute Gasteiger partial charge is 0.237 e. The summed E-state index contributed by atoms with van der Waals surface area (Å²) in [6.07, 6.45) is 1.07. The van der Waals surface area contributed by atoms with E-state index in [2.05, 4.69) is 29.7 Å². The molecule has 2 unspecified atom stereocenters. The average Bonchev–Trinajstić information content (AvgIpc) is 2.43. The van der Waals surface area contributed by atoms with Crippen molar-refractivity contribution in [3.63, 3.8) is 0 Å². The summed E-state index contributed by atoms with van der Waals surface area (Å²) in [5.41, 5.74) is 2.50. The van der Waals surface area contributed by atoms with Crippen LogP contribution in [0.2, 0.25) is 0 Å². The normalized spacial score (nSPS) is 18.9. The Kier molecular flexibility index (Phi) is 6.69. The number of fused-ring (bicyclic) bond motifs is 1. The first-order valence-electron chi connectivity index (χ1n) is 6.36. The van der Waals surface area contributed by atoms with Gasteiger partial charge in [0.15, 0.2) is 0 Å². The second-order valence-corrected chi connectivity index (χ2v) is 5.85. The molecule has 106 valence electrons. The van der Waals surface area contributed by atoms with Crippen molar-refractivity contribution in [3.8, 4) is 0 Å². The summed E-state index contributed by atoms with van der Waals surface area (Å²) < 4.78 is 0. The minimum absolute atomic E-state index is 0. The summed E-state index contributed by atoms with van der Waals surface area (Å²) in [6, 6.07) is 8.57. The van der Waals surface area contributed by atoms with E-state index in [-0.39, 0.29) is 23.6 Å². The van der Waals surface area contributed by atoms with Gasteiger partial charge >= 0.3 is 0 Å². The lowest BCUT2D eigenvalue weighted by Crippen LogP contribution is -2.39. The molecule has 0 spiro atoms. The van der Waals surface area contributed by atoms with Crippen LogP contribution in [0.25, 0.3) is 0 Å². The Morgan fingerprint density at radius 2 is 2.21 bits per heavy atom. The summed E-state index contributed by atoms with van der Waals surface area (Å²) in [5, 5.41) is 6.10. The van der Waals surface area contributed by atoms with Gasteiger partial charge in [0.25, 0.3) is 0 Å². The Balaban J connectivity index is 0.00000180. The molecule has 1 aromatic rings. The molecule has 1 aliphatic rings. The van der Waals surface area contributed by atoms with Gasteiger partial charge in [0.1, 0.15) is 5.25 Å². The molecule has 1 amide bonds. The largest absolute Gasteiger partial charge is 0.353 e. The maximum absolute atomic E-state index is 12.2. The second kappa shape index (κ2) is 7.78. The standard InChI is InChI=1S/C14H20N2OS.ClH/c1-10(15-2)9-16-14(17)13-12-6-4-3-5-11(12)7-8-18-13;/h3-6,10,13,15H,7-9H2,1-2H3,(H,16,17);1H. The molecule has 0 aliphatic carbocycles. The van der Waals surface area contributed by atoms with Gasteiger partial charge in [-0.15, -0.1) is 24.2 Å². The van der Waals surface area contributed by atoms with Crippen molar-refractivity contribution in [1.29, 1.82) is 0 Å². The molecule has 2 atom stereocenters. The molecule has 0 saturated carbocycles. The minimum Gasteiger partial charge on any atom is -0.353 e. The van der Waals surface area contributed by atoms with Gasteiger partial charge in [-0.1, -0.05) is 24.3 Å². The van der Waals surface area contributed by atoms with Crippen LogP contribution >= 0.6 is 24.2 Å². The van der Waals surface area contributed by atoms with Gasteiger partial charge in [-0.2, -0.15) is 0 Å². The molecule has 0 bridgehead atoms. The Labute approximate surface area is 125 Å². The van der Waals surface area contributed by atoms with Gasteiger partial charge in [0, 0.05) is 12.6 Å². The summed E-state index contributed by atoms with van der Waals surface area (Å²) in [4.78, 5) is 12.2. The zero-order valence-corrected chi connectivity index (χ0v) is 12.9. The molecule has 0 aromatic heterocycles. The van der Waals surface area contributed by atoms with Crippen molar-refractivity contribution in [1.82, 2.24) is 10.6 Å². The average molecular weight is 301 g/mol. The van der Waals surface area contributed by atoms with Crippen LogP contribution in [0.5, 0.6) is 0 Å². The van der Waals surface area contributed by atoms with E-state index in [4.69, 9.17) is 0 Å². The van der Waals surface area contributed by atoms with Crippen molar-refractivity contribution in [2.24, 2.45) is 0 Å². The van der Waals surface area contributed by atoms with Crippen LogP contribution in [0.1, 0.15) is 23.3 Å². The molecule has 19 heavy (non-hydrogen) atoms. The molecule has 2 rings (SSSR count). The van der Waals surface area contributed by atoms with Crippen LogP contribution in [-0.4, -0.2) is 31.3 Å². The number of amides is 1. The molecule has 5 heteroatoms. The van der Waals surface area contributed by atoms with Gasteiger partial charge in [-0.25, -0.2) is 0 Å². The van der Waals surface area contributed by atoms with Gasteiger partial charge in [-0.05, 0) is 37.3 Å². The summed E-state index contributed by atoms with van der Waals surface area (Å²) in [7, 11) is 1.90. The molecular weight excluding hydrogens is 280 g/mol. The highest BCUT2D eigenvalue weighted by Crippen LogP contribution is 2.36. The number of nitrogens with one attached hydrogen (secondary N) is 2. The maximum Gasteiger partial charge on any atom is 0.237 e. The fourth-order valence-corrected chi connectivity index (χ4v) is 3.28. The van der Waals surface area contributed by atoms with E-state index < -0.39 is 0 Å². The third-order valence-electron chi connectivity index (χ3n) is 3.31. The van der Waals surface area contributed by atoms with E-state index in [1.807, 2.05) is 19.2 Å². The zero-order valence-electron chi connectivity index (χ0n) is 11.3. The Morgan fingerprint density at radius 3 is 2.95 bits per heavy atom. The number of aryl methyl sites for hydroxylation is 1. The predicted octanol–water partition coefficient (Wildman–Crippen LogP) is 2.16. The molecule has 0 saturated heterocycles. The molecule has 2 N–H and O–H groups in total. The molecule has 1 aromatic carbocycles. The number of hydrogen-bond acceptors (Lipinski definition) is 3. The van der Waals surface area contributed by atoms with Crippen LogP contribution in [0.3, 0.4) is 0 Å². The van der Waals surface area contributed by atoms with E-state index in [1.165, 1.54) is 11.1 Å². The van der Waals surface area contributed by atoms with E-state index in [1.54, 1.807) is 11.8 Å². The summed E-state index contributed by atoms with van der Waals surface area (Å²) >= 11 is 1.74.